The van der Waals surface area contributed by atoms with Crippen LogP contribution >= 0.6 is 0 Å². The van der Waals surface area contributed by atoms with Crippen LogP contribution in [0.3, 0.4) is 0 Å². The van der Waals surface area contributed by atoms with Crippen molar-refractivity contribution in [3.05, 3.63) is 23.8 Å². The minimum atomic E-state index is -0.0271. The summed E-state index contributed by atoms with van der Waals surface area (Å²) in [5, 5.41) is 6.48. The van der Waals surface area contributed by atoms with Gasteiger partial charge in [0.25, 0.3) is 0 Å². The monoisotopic (exact) mass is 260 g/mol. The number of amides is 1. The normalized spacial score (nSPS) is 21.2. The molecule has 0 aliphatic heterocycles. The van der Waals surface area contributed by atoms with Gasteiger partial charge in [-0.2, -0.15) is 0 Å². The van der Waals surface area contributed by atoms with Crippen LogP contribution in [-0.4, -0.2) is 11.9 Å². The van der Waals surface area contributed by atoms with Crippen LogP contribution in [0.5, 0.6) is 0 Å². The van der Waals surface area contributed by atoms with Crippen molar-refractivity contribution < 1.29 is 4.79 Å². The van der Waals surface area contributed by atoms with Crippen LogP contribution < -0.4 is 10.6 Å². The number of nitrogens with one attached hydrogen (secondary N) is 2. The average Bonchev–Trinajstić information content (AvgIpc) is 2.62. The number of hydrogen-bond donors (Lipinski definition) is 2. The predicted molar refractivity (Wildman–Crippen MR) is 80.5 cm³/mol. The van der Waals surface area contributed by atoms with Crippen molar-refractivity contribution in [1.82, 2.24) is 0 Å². The van der Waals surface area contributed by atoms with Crippen molar-refractivity contribution in [2.24, 2.45) is 5.41 Å². The van der Waals surface area contributed by atoms with Crippen molar-refractivity contribution in [3.63, 3.8) is 0 Å². The molecular weight excluding hydrogens is 236 g/mol. The quantitative estimate of drug-likeness (QED) is 0.864. The maximum Gasteiger partial charge on any atom is 0.221 e. The molecule has 2 N–H and O–H groups in total. The summed E-state index contributed by atoms with van der Waals surface area (Å²) in [5.74, 6) is -0.0271. The van der Waals surface area contributed by atoms with Gasteiger partial charge >= 0.3 is 0 Å². The first-order valence-corrected chi connectivity index (χ1v) is 7.03. The van der Waals surface area contributed by atoms with Crippen molar-refractivity contribution in [2.45, 2.75) is 53.0 Å². The fourth-order valence-corrected chi connectivity index (χ4v) is 2.88. The van der Waals surface area contributed by atoms with Gasteiger partial charge in [-0.3, -0.25) is 4.79 Å². The van der Waals surface area contributed by atoms with Gasteiger partial charge in [-0.25, -0.2) is 0 Å². The molecule has 0 radical (unpaired) electrons. The first-order chi connectivity index (χ1) is 8.88. The zero-order valence-electron chi connectivity index (χ0n) is 12.3. The number of benzene rings is 1. The highest BCUT2D eigenvalue weighted by Crippen LogP contribution is 2.39. The molecular formula is C16H24N2O. The molecule has 0 bridgehead atoms. The van der Waals surface area contributed by atoms with Crippen LogP contribution in [0.1, 0.15) is 45.6 Å². The van der Waals surface area contributed by atoms with E-state index in [2.05, 4.69) is 30.5 Å². The lowest BCUT2D eigenvalue weighted by molar-refractivity contribution is -0.114. The average molecular weight is 260 g/mol. The Morgan fingerprint density at radius 1 is 1.37 bits per heavy atom. The third kappa shape index (κ3) is 3.28. The lowest BCUT2D eigenvalue weighted by atomic mass is 9.87. The van der Waals surface area contributed by atoms with E-state index in [0.29, 0.717) is 11.5 Å². The Labute approximate surface area is 115 Å². The van der Waals surface area contributed by atoms with Crippen LogP contribution in [0, 0.1) is 12.3 Å². The van der Waals surface area contributed by atoms with Gasteiger partial charge in [0.2, 0.25) is 5.91 Å². The molecule has 0 aromatic heterocycles. The molecule has 1 atom stereocenters. The summed E-state index contributed by atoms with van der Waals surface area (Å²) < 4.78 is 0. The lowest BCUT2D eigenvalue weighted by Gasteiger charge is -2.29. The standard InChI is InChI=1S/C16H24N2O/c1-11-10-13(7-8-14(11)17-12(2)19)18-15-6-5-9-16(15,3)4/h7-8,10,15,18H,5-6,9H2,1-4H3,(H,17,19). The van der Waals surface area contributed by atoms with Crippen LogP contribution in [0.4, 0.5) is 11.4 Å². The van der Waals surface area contributed by atoms with Crippen LogP contribution in [0.25, 0.3) is 0 Å². The topological polar surface area (TPSA) is 41.1 Å². The second-order valence-corrected chi connectivity index (χ2v) is 6.29. The van der Waals surface area contributed by atoms with E-state index in [1.54, 1.807) is 0 Å². The Hall–Kier alpha value is -1.51. The summed E-state index contributed by atoms with van der Waals surface area (Å²) in [5.41, 5.74) is 3.50. The fourth-order valence-electron chi connectivity index (χ4n) is 2.88. The Kier molecular flexibility index (Phi) is 3.83. The molecule has 19 heavy (non-hydrogen) atoms. The van der Waals surface area contributed by atoms with E-state index in [0.717, 1.165) is 16.9 Å². The number of rotatable bonds is 3. The lowest BCUT2D eigenvalue weighted by Crippen LogP contribution is -2.30. The second-order valence-electron chi connectivity index (χ2n) is 6.29. The smallest absolute Gasteiger partial charge is 0.221 e. The van der Waals surface area contributed by atoms with Gasteiger partial charge in [-0.15, -0.1) is 0 Å². The maximum absolute atomic E-state index is 11.1. The van der Waals surface area contributed by atoms with Gasteiger partial charge in [0.1, 0.15) is 0 Å². The molecule has 0 spiro atoms. The van der Waals surface area contributed by atoms with Gasteiger partial charge < -0.3 is 10.6 Å². The number of aryl methyl sites for hydroxylation is 1. The van der Waals surface area contributed by atoms with E-state index in [1.807, 2.05) is 19.1 Å². The fraction of sp³-hybridized carbons (Fsp3) is 0.562. The van der Waals surface area contributed by atoms with Crippen molar-refractivity contribution in [2.75, 3.05) is 10.6 Å². The molecule has 1 aromatic carbocycles. The molecule has 104 valence electrons. The molecule has 1 amide bonds. The molecule has 2 rings (SSSR count). The summed E-state index contributed by atoms with van der Waals surface area (Å²) in [6.07, 6.45) is 3.82. The molecule has 1 unspecified atom stereocenters. The Balaban J connectivity index is 2.10. The van der Waals surface area contributed by atoms with Gasteiger partial charge in [0.05, 0.1) is 0 Å². The van der Waals surface area contributed by atoms with E-state index < -0.39 is 0 Å². The molecule has 1 aliphatic carbocycles. The van der Waals surface area contributed by atoms with Crippen LogP contribution in [0.15, 0.2) is 18.2 Å². The van der Waals surface area contributed by atoms with Gasteiger partial charge in [-0.05, 0) is 48.9 Å². The third-order valence-corrected chi connectivity index (χ3v) is 4.14. The number of carbonyl (C=O) groups is 1. The first-order valence-electron chi connectivity index (χ1n) is 7.03. The minimum Gasteiger partial charge on any atom is -0.382 e. The minimum absolute atomic E-state index is 0.0271. The molecule has 1 aromatic rings. The molecule has 0 heterocycles. The number of hydrogen-bond acceptors (Lipinski definition) is 2. The Morgan fingerprint density at radius 2 is 2.11 bits per heavy atom. The Morgan fingerprint density at radius 3 is 2.63 bits per heavy atom. The van der Waals surface area contributed by atoms with Crippen molar-refractivity contribution >= 4 is 17.3 Å². The SMILES string of the molecule is CC(=O)Nc1ccc(NC2CCCC2(C)C)cc1C. The first kappa shape index (κ1) is 13.9. The van der Waals surface area contributed by atoms with Crippen LogP contribution in [0.2, 0.25) is 0 Å². The molecule has 3 nitrogen and oxygen atoms in total. The third-order valence-electron chi connectivity index (χ3n) is 4.14. The van der Waals surface area contributed by atoms with Gasteiger partial charge in [0.15, 0.2) is 0 Å². The van der Waals surface area contributed by atoms with Crippen molar-refractivity contribution in [1.29, 1.82) is 0 Å². The summed E-state index contributed by atoms with van der Waals surface area (Å²) >= 11 is 0. The van der Waals surface area contributed by atoms with E-state index in [1.165, 1.54) is 26.2 Å². The second kappa shape index (κ2) is 5.24. The van der Waals surface area contributed by atoms with Gasteiger partial charge in [-0.1, -0.05) is 20.3 Å². The predicted octanol–water partition coefficient (Wildman–Crippen LogP) is 3.94. The summed E-state index contributed by atoms with van der Waals surface area (Å²) in [7, 11) is 0. The van der Waals surface area contributed by atoms with E-state index >= 15 is 0 Å². The number of anilines is 2. The molecule has 1 aliphatic rings. The van der Waals surface area contributed by atoms with E-state index in [4.69, 9.17) is 0 Å². The Bertz CT molecular complexity index is 480. The molecule has 3 heteroatoms. The van der Waals surface area contributed by atoms with E-state index in [-0.39, 0.29) is 5.91 Å². The largest absolute Gasteiger partial charge is 0.382 e. The summed E-state index contributed by atoms with van der Waals surface area (Å²) in [4.78, 5) is 11.1. The van der Waals surface area contributed by atoms with Crippen molar-refractivity contribution in [3.8, 4) is 0 Å². The summed E-state index contributed by atoms with van der Waals surface area (Å²) in [6, 6.07) is 6.67. The zero-order chi connectivity index (χ0) is 14.0. The zero-order valence-corrected chi connectivity index (χ0v) is 12.3. The molecule has 1 saturated carbocycles. The maximum atomic E-state index is 11.1. The highest BCUT2D eigenvalue weighted by atomic mass is 16.1. The summed E-state index contributed by atoms with van der Waals surface area (Å²) in [6.45, 7) is 8.22. The van der Waals surface area contributed by atoms with E-state index in [9.17, 15) is 4.79 Å². The number of carbonyl (C=O) groups excluding carboxylic acids is 1. The van der Waals surface area contributed by atoms with Gasteiger partial charge in [0, 0.05) is 24.3 Å². The highest BCUT2D eigenvalue weighted by molar-refractivity contribution is 5.89. The molecule has 0 saturated heterocycles. The highest BCUT2D eigenvalue weighted by Gasteiger charge is 2.34. The van der Waals surface area contributed by atoms with Crippen LogP contribution in [-0.2, 0) is 4.79 Å². The molecule has 1 fully saturated rings.